The summed E-state index contributed by atoms with van der Waals surface area (Å²) >= 11 is 0. The van der Waals surface area contributed by atoms with Crippen molar-refractivity contribution in [3.05, 3.63) is 53.6 Å². The highest BCUT2D eigenvalue weighted by molar-refractivity contribution is 5.87. The number of benzene rings is 2. The second-order valence-corrected chi connectivity index (χ2v) is 3.52. The van der Waals surface area contributed by atoms with E-state index in [1.165, 1.54) is 12.1 Å². The third-order valence-electron chi connectivity index (χ3n) is 2.40. The Morgan fingerprint density at radius 2 is 1.82 bits per heavy atom. The molecule has 0 unspecified atom stereocenters. The lowest BCUT2D eigenvalue weighted by Crippen LogP contribution is -1.89. The molecule has 2 aromatic rings. The van der Waals surface area contributed by atoms with E-state index in [9.17, 15) is 18.7 Å². The molecule has 0 heterocycles. The Labute approximate surface area is 96.1 Å². The van der Waals surface area contributed by atoms with Crippen LogP contribution in [0, 0.1) is 11.6 Å². The highest BCUT2D eigenvalue weighted by Crippen LogP contribution is 2.28. The van der Waals surface area contributed by atoms with Crippen molar-refractivity contribution in [2.24, 2.45) is 0 Å². The Hall–Kier alpha value is -2.23. The number of aldehydes is 1. The van der Waals surface area contributed by atoms with E-state index in [0.29, 0.717) is 17.4 Å². The second kappa shape index (κ2) is 4.33. The molecule has 0 aliphatic heterocycles. The van der Waals surface area contributed by atoms with Gasteiger partial charge in [-0.05, 0) is 41.5 Å². The molecule has 0 aromatic heterocycles. The van der Waals surface area contributed by atoms with Gasteiger partial charge in [0.15, 0.2) is 17.9 Å². The standard InChI is InChI=1S/C13H8F2O2/c14-10-3-1-9(7-16)11(6-10)8-2-4-12(15)13(17)5-8/h1-7,17H. The Morgan fingerprint density at radius 1 is 1.06 bits per heavy atom. The Kier molecular flexibility index (Phi) is 2.87. The largest absolute Gasteiger partial charge is 0.505 e. The zero-order chi connectivity index (χ0) is 12.4. The Morgan fingerprint density at radius 3 is 2.47 bits per heavy atom. The summed E-state index contributed by atoms with van der Waals surface area (Å²) in [5.74, 6) is -1.81. The number of hydrogen-bond donors (Lipinski definition) is 1. The predicted molar refractivity (Wildman–Crippen MR) is 58.8 cm³/mol. The lowest BCUT2D eigenvalue weighted by molar-refractivity contribution is 0.112. The lowest BCUT2D eigenvalue weighted by atomic mass is 10.00. The first-order valence-corrected chi connectivity index (χ1v) is 4.85. The maximum atomic E-state index is 13.1. The fourth-order valence-corrected chi connectivity index (χ4v) is 1.56. The van der Waals surface area contributed by atoms with Gasteiger partial charge in [0.2, 0.25) is 0 Å². The van der Waals surface area contributed by atoms with E-state index in [0.717, 1.165) is 24.3 Å². The van der Waals surface area contributed by atoms with Crippen molar-refractivity contribution in [3.8, 4) is 16.9 Å². The minimum absolute atomic E-state index is 0.275. The summed E-state index contributed by atoms with van der Waals surface area (Å²) in [5, 5.41) is 9.24. The molecule has 86 valence electrons. The topological polar surface area (TPSA) is 37.3 Å². The van der Waals surface area contributed by atoms with Crippen LogP contribution in [0.1, 0.15) is 10.4 Å². The molecule has 1 N–H and O–H groups in total. The van der Waals surface area contributed by atoms with Crippen LogP contribution < -0.4 is 0 Å². The van der Waals surface area contributed by atoms with Gasteiger partial charge in [0.25, 0.3) is 0 Å². The Balaban J connectivity index is 2.62. The van der Waals surface area contributed by atoms with Gasteiger partial charge in [0.1, 0.15) is 5.82 Å². The number of rotatable bonds is 2. The smallest absolute Gasteiger partial charge is 0.164 e. The lowest BCUT2D eigenvalue weighted by Gasteiger charge is -2.06. The number of phenols is 1. The molecule has 2 aromatic carbocycles. The van der Waals surface area contributed by atoms with Crippen LogP contribution in [0.2, 0.25) is 0 Å². The number of hydrogen-bond acceptors (Lipinski definition) is 2. The average Bonchev–Trinajstić information content (AvgIpc) is 2.32. The third-order valence-corrected chi connectivity index (χ3v) is 2.40. The second-order valence-electron chi connectivity index (χ2n) is 3.52. The molecule has 0 aliphatic rings. The van der Waals surface area contributed by atoms with Gasteiger partial charge in [-0.3, -0.25) is 4.79 Å². The first kappa shape index (κ1) is 11.3. The molecule has 0 saturated heterocycles. The third kappa shape index (κ3) is 2.15. The van der Waals surface area contributed by atoms with Crippen molar-refractivity contribution in [1.29, 1.82) is 0 Å². The molecule has 17 heavy (non-hydrogen) atoms. The molecule has 0 saturated carbocycles. The summed E-state index contributed by atoms with van der Waals surface area (Å²) < 4.78 is 26.0. The van der Waals surface area contributed by atoms with Crippen molar-refractivity contribution in [2.75, 3.05) is 0 Å². The molecule has 0 aliphatic carbocycles. The SMILES string of the molecule is O=Cc1ccc(F)cc1-c1ccc(F)c(O)c1. The van der Waals surface area contributed by atoms with Gasteiger partial charge in [-0.2, -0.15) is 0 Å². The van der Waals surface area contributed by atoms with E-state index in [2.05, 4.69) is 0 Å². The van der Waals surface area contributed by atoms with E-state index in [4.69, 9.17) is 0 Å². The number of phenolic OH excluding ortho intramolecular Hbond substituents is 1. The molecule has 0 bridgehead atoms. The summed E-state index contributed by atoms with van der Waals surface area (Å²) in [5.41, 5.74) is 0.971. The van der Waals surface area contributed by atoms with Crippen molar-refractivity contribution in [1.82, 2.24) is 0 Å². The molecule has 4 heteroatoms. The molecule has 0 atom stereocenters. The van der Waals surface area contributed by atoms with Crippen LogP contribution in [-0.4, -0.2) is 11.4 Å². The zero-order valence-corrected chi connectivity index (χ0v) is 8.65. The quantitative estimate of drug-likeness (QED) is 0.810. The van der Waals surface area contributed by atoms with E-state index < -0.39 is 17.4 Å². The van der Waals surface area contributed by atoms with Crippen molar-refractivity contribution in [3.63, 3.8) is 0 Å². The first-order chi connectivity index (χ1) is 8.11. The summed E-state index contributed by atoms with van der Waals surface area (Å²) in [6.07, 6.45) is 0.579. The van der Waals surface area contributed by atoms with Gasteiger partial charge < -0.3 is 5.11 Å². The van der Waals surface area contributed by atoms with Crippen LogP contribution in [0.3, 0.4) is 0 Å². The van der Waals surface area contributed by atoms with Gasteiger partial charge in [0, 0.05) is 5.56 Å². The molecule has 2 nitrogen and oxygen atoms in total. The summed E-state index contributed by atoms with van der Waals surface area (Å²) in [6, 6.07) is 7.24. The van der Waals surface area contributed by atoms with Crippen LogP contribution >= 0.6 is 0 Å². The van der Waals surface area contributed by atoms with E-state index >= 15 is 0 Å². The van der Waals surface area contributed by atoms with Gasteiger partial charge in [-0.1, -0.05) is 6.07 Å². The minimum Gasteiger partial charge on any atom is -0.505 e. The van der Waals surface area contributed by atoms with Crippen molar-refractivity contribution >= 4 is 6.29 Å². The van der Waals surface area contributed by atoms with Crippen LogP contribution in [0.25, 0.3) is 11.1 Å². The normalized spacial score (nSPS) is 10.2. The van der Waals surface area contributed by atoms with E-state index in [1.807, 2.05) is 0 Å². The molecular weight excluding hydrogens is 226 g/mol. The molecule has 0 radical (unpaired) electrons. The Bertz CT molecular complexity index is 580. The zero-order valence-electron chi connectivity index (χ0n) is 8.65. The minimum atomic E-state index is -0.766. The number of carbonyl (C=O) groups excluding carboxylic acids is 1. The molecule has 0 amide bonds. The molecule has 0 spiro atoms. The summed E-state index contributed by atoms with van der Waals surface area (Å²) in [6.45, 7) is 0. The van der Waals surface area contributed by atoms with Crippen molar-refractivity contribution < 1.29 is 18.7 Å². The molecule has 0 fully saturated rings. The van der Waals surface area contributed by atoms with Crippen LogP contribution in [0.15, 0.2) is 36.4 Å². The van der Waals surface area contributed by atoms with Crippen LogP contribution in [-0.2, 0) is 0 Å². The highest BCUT2D eigenvalue weighted by Gasteiger charge is 2.08. The number of halogens is 2. The van der Waals surface area contributed by atoms with Crippen molar-refractivity contribution in [2.45, 2.75) is 0 Å². The maximum absolute atomic E-state index is 13.1. The van der Waals surface area contributed by atoms with Gasteiger partial charge in [-0.15, -0.1) is 0 Å². The van der Waals surface area contributed by atoms with E-state index in [-0.39, 0.29) is 5.56 Å². The predicted octanol–water partition coefficient (Wildman–Crippen LogP) is 3.15. The van der Waals surface area contributed by atoms with Crippen LogP contribution in [0.4, 0.5) is 8.78 Å². The average molecular weight is 234 g/mol. The number of carbonyl (C=O) groups is 1. The molecule has 2 rings (SSSR count). The first-order valence-electron chi connectivity index (χ1n) is 4.85. The monoisotopic (exact) mass is 234 g/mol. The van der Waals surface area contributed by atoms with Crippen LogP contribution in [0.5, 0.6) is 5.75 Å². The maximum Gasteiger partial charge on any atom is 0.164 e. The summed E-state index contributed by atoms with van der Waals surface area (Å²) in [7, 11) is 0. The molecular formula is C13H8F2O2. The summed E-state index contributed by atoms with van der Waals surface area (Å²) in [4.78, 5) is 10.8. The van der Waals surface area contributed by atoms with Gasteiger partial charge in [0.05, 0.1) is 0 Å². The van der Waals surface area contributed by atoms with Gasteiger partial charge in [-0.25, -0.2) is 8.78 Å². The fraction of sp³-hybridized carbons (Fsp3) is 0. The number of aromatic hydroxyl groups is 1. The fourth-order valence-electron chi connectivity index (χ4n) is 1.56. The van der Waals surface area contributed by atoms with E-state index in [1.54, 1.807) is 0 Å². The van der Waals surface area contributed by atoms with Gasteiger partial charge >= 0.3 is 0 Å². The highest BCUT2D eigenvalue weighted by atomic mass is 19.1.